The van der Waals surface area contributed by atoms with Crippen LogP contribution in [0, 0.1) is 0 Å². The second kappa shape index (κ2) is 3.46. The predicted molar refractivity (Wildman–Crippen MR) is 44.4 cm³/mol. The number of carboxylic acids is 1. The quantitative estimate of drug-likeness (QED) is 0.715. The number of hydrogen-bond donors (Lipinski definition) is 1. The zero-order chi connectivity index (χ0) is 9.97. The van der Waals surface area contributed by atoms with Crippen LogP contribution in [0.3, 0.4) is 0 Å². The Kier molecular flexibility index (Phi) is 2.14. The standard InChI is InChI=1S/C5H4N6O2S/c12-4(13)2-11-5(7-8-9-11)3-1-6-10-14-3/h1H,2H2,(H,12,13). The van der Waals surface area contributed by atoms with E-state index >= 15 is 0 Å². The van der Waals surface area contributed by atoms with Gasteiger partial charge < -0.3 is 5.11 Å². The van der Waals surface area contributed by atoms with Crippen molar-refractivity contribution in [2.45, 2.75) is 6.54 Å². The Morgan fingerprint density at radius 3 is 3.14 bits per heavy atom. The van der Waals surface area contributed by atoms with Crippen molar-refractivity contribution in [2.24, 2.45) is 0 Å². The van der Waals surface area contributed by atoms with Gasteiger partial charge in [-0.3, -0.25) is 4.79 Å². The van der Waals surface area contributed by atoms with Gasteiger partial charge in [-0.1, -0.05) is 4.49 Å². The van der Waals surface area contributed by atoms with Crippen molar-refractivity contribution >= 4 is 17.5 Å². The summed E-state index contributed by atoms with van der Waals surface area (Å²) in [5.74, 6) is -0.640. The number of rotatable bonds is 3. The summed E-state index contributed by atoms with van der Waals surface area (Å²) < 4.78 is 4.81. The minimum Gasteiger partial charge on any atom is -0.480 e. The molecular weight excluding hydrogens is 208 g/mol. The first-order chi connectivity index (χ1) is 6.77. The number of tetrazole rings is 1. The van der Waals surface area contributed by atoms with Gasteiger partial charge >= 0.3 is 5.97 Å². The van der Waals surface area contributed by atoms with Crippen LogP contribution in [-0.4, -0.2) is 40.9 Å². The number of aliphatic carboxylic acids is 1. The fraction of sp³-hybridized carbons (Fsp3) is 0.200. The Balaban J connectivity index is 2.35. The van der Waals surface area contributed by atoms with E-state index in [0.717, 1.165) is 11.5 Å². The van der Waals surface area contributed by atoms with Gasteiger partial charge in [-0.2, -0.15) is 0 Å². The Morgan fingerprint density at radius 1 is 1.64 bits per heavy atom. The number of nitrogens with zero attached hydrogens (tertiary/aromatic N) is 6. The first-order valence-electron chi connectivity index (χ1n) is 3.53. The summed E-state index contributed by atoms with van der Waals surface area (Å²) in [7, 11) is 0. The maximum atomic E-state index is 10.4. The van der Waals surface area contributed by atoms with Gasteiger partial charge in [0.2, 0.25) is 0 Å². The summed E-state index contributed by atoms with van der Waals surface area (Å²) in [6, 6.07) is 0. The summed E-state index contributed by atoms with van der Waals surface area (Å²) in [4.78, 5) is 11.1. The van der Waals surface area contributed by atoms with Crippen molar-refractivity contribution in [3.8, 4) is 10.7 Å². The highest BCUT2D eigenvalue weighted by Crippen LogP contribution is 2.17. The van der Waals surface area contributed by atoms with E-state index in [4.69, 9.17) is 5.11 Å². The second-order valence-electron chi connectivity index (χ2n) is 2.34. The third-order valence-corrected chi connectivity index (χ3v) is 2.06. The van der Waals surface area contributed by atoms with Crippen molar-refractivity contribution in [3.63, 3.8) is 0 Å². The molecule has 2 aromatic heterocycles. The Bertz CT molecular complexity index is 437. The molecule has 0 bridgehead atoms. The summed E-state index contributed by atoms with van der Waals surface area (Å²) in [6.45, 7) is -0.278. The van der Waals surface area contributed by atoms with Gasteiger partial charge in [0, 0.05) is 0 Å². The molecule has 0 spiro atoms. The highest BCUT2D eigenvalue weighted by atomic mass is 32.1. The predicted octanol–water partition coefficient (Wildman–Crippen LogP) is -0.724. The lowest BCUT2D eigenvalue weighted by Crippen LogP contribution is -2.11. The molecule has 2 aromatic rings. The number of aromatic nitrogens is 6. The monoisotopic (exact) mass is 212 g/mol. The molecule has 0 aliphatic rings. The van der Waals surface area contributed by atoms with Gasteiger partial charge in [0.05, 0.1) is 6.20 Å². The van der Waals surface area contributed by atoms with Crippen LogP contribution in [0.25, 0.3) is 10.7 Å². The fourth-order valence-corrected chi connectivity index (χ4v) is 1.39. The molecule has 0 aliphatic heterocycles. The number of carboxylic acid groups (broad SMARTS) is 1. The molecule has 0 aromatic carbocycles. The third kappa shape index (κ3) is 1.57. The lowest BCUT2D eigenvalue weighted by molar-refractivity contribution is -0.137. The second-order valence-corrected chi connectivity index (χ2v) is 3.12. The highest BCUT2D eigenvalue weighted by Gasteiger charge is 2.12. The van der Waals surface area contributed by atoms with Crippen LogP contribution in [0.2, 0.25) is 0 Å². The van der Waals surface area contributed by atoms with E-state index in [2.05, 4.69) is 25.1 Å². The first kappa shape index (κ1) is 8.69. The van der Waals surface area contributed by atoms with Crippen molar-refractivity contribution in [1.29, 1.82) is 0 Å². The molecule has 0 amide bonds. The molecule has 0 radical (unpaired) electrons. The Hall–Kier alpha value is -1.90. The molecule has 0 saturated heterocycles. The van der Waals surface area contributed by atoms with Crippen LogP contribution < -0.4 is 0 Å². The lowest BCUT2D eigenvalue weighted by Gasteiger charge is -1.96. The van der Waals surface area contributed by atoms with Crippen LogP contribution in [-0.2, 0) is 11.3 Å². The molecule has 72 valence electrons. The SMILES string of the molecule is O=C(O)Cn1nnnc1-c1cnns1. The van der Waals surface area contributed by atoms with Gasteiger partial charge in [0.25, 0.3) is 0 Å². The minimum absolute atomic E-state index is 0.278. The van der Waals surface area contributed by atoms with Crippen LogP contribution in [0.4, 0.5) is 0 Å². The highest BCUT2D eigenvalue weighted by molar-refractivity contribution is 7.09. The smallest absolute Gasteiger partial charge is 0.325 e. The van der Waals surface area contributed by atoms with Crippen LogP contribution >= 0.6 is 11.5 Å². The van der Waals surface area contributed by atoms with Gasteiger partial charge in [-0.05, 0) is 22.0 Å². The lowest BCUT2D eigenvalue weighted by atomic mass is 10.5. The average Bonchev–Trinajstić information content (AvgIpc) is 2.70. The van der Waals surface area contributed by atoms with Crippen molar-refractivity contribution < 1.29 is 9.90 Å². The van der Waals surface area contributed by atoms with E-state index in [-0.39, 0.29) is 6.54 Å². The van der Waals surface area contributed by atoms with Crippen LogP contribution in [0.15, 0.2) is 6.20 Å². The van der Waals surface area contributed by atoms with E-state index in [9.17, 15) is 4.79 Å². The third-order valence-electron chi connectivity index (χ3n) is 1.40. The largest absolute Gasteiger partial charge is 0.480 e. The van der Waals surface area contributed by atoms with E-state index in [1.807, 2.05) is 0 Å². The molecule has 0 saturated carbocycles. The van der Waals surface area contributed by atoms with E-state index in [1.54, 1.807) is 0 Å². The molecule has 8 nitrogen and oxygen atoms in total. The zero-order valence-electron chi connectivity index (χ0n) is 6.73. The Labute approximate surface area is 81.3 Å². The molecule has 1 N–H and O–H groups in total. The summed E-state index contributed by atoms with van der Waals surface area (Å²) in [6.07, 6.45) is 1.48. The topological polar surface area (TPSA) is 107 Å². The summed E-state index contributed by atoms with van der Waals surface area (Å²) in [5.41, 5.74) is 0. The maximum Gasteiger partial charge on any atom is 0.325 e. The first-order valence-corrected chi connectivity index (χ1v) is 4.30. The van der Waals surface area contributed by atoms with Crippen molar-refractivity contribution in [2.75, 3.05) is 0 Å². The summed E-state index contributed by atoms with van der Waals surface area (Å²) in [5, 5.41) is 22.8. The Morgan fingerprint density at radius 2 is 2.50 bits per heavy atom. The van der Waals surface area contributed by atoms with Crippen molar-refractivity contribution in [1.82, 2.24) is 29.8 Å². The molecule has 2 heterocycles. The molecule has 0 unspecified atom stereocenters. The molecule has 9 heteroatoms. The number of hydrogen-bond acceptors (Lipinski definition) is 7. The van der Waals surface area contributed by atoms with E-state index in [1.165, 1.54) is 10.9 Å². The van der Waals surface area contributed by atoms with Gasteiger partial charge in [0.15, 0.2) is 5.82 Å². The summed E-state index contributed by atoms with van der Waals surface area (Å²) >= 11 is 1.10. The molecule has 2 rings (SSSR count). The average molecular weight is 212 g/mol. The molecule has 0 fully saturated rings. The minimum atomic E-state index is -1.00. The van der Waals surface area contributed by atoms with Gasteiger partial charge in [-0.15, -0.1) is 10.2 Å². The van der Waals surface area contributed by atoms with E-state index in [0.29, 0.717) is 10.7 Å². The molecular formula is C5H4N6O2S. The molecule has 14 heavy (non-hydrogen) atoms. The normalized spacial score (nSPS) is 10.3. The molecule has 0 aliphatic carbocycles. The van der Waals surface area contributed by atoms with E-state index < -0.39 is 5.97 Å². The fourth-order valence-electron chi connectivity index (χ4n) is 0.881. The maximum absolute atomic E-state index is 10.4. The van der Waals surface area contributed by atoms with Gasteiger partial charge in [0.1, 0.15) is 11.4 Å². The van der Waals surface area contributed by atoms with Crippen LogP contribution in [0.5, 0.6) is 0 Å². The zero-order valence-corrected chi connectivity index (χ0v) is 7.55. The van der Waals surface area contributed by atoms with Crippen molar-refractivity contribution in [3.05, 3.63) is 6.20 Å². The molecule has 0 atom stereocenters. The number of carbonyl (C=O) groups is 1. The van der Waals surface area contributed by atoms with Gasteiger partial charge in [-0.25, -0.2) is 4.68 Å². The van der Waals surface area contributed by atoms with Crippen LogP contribution in [0.1, 0.15) is 0 Å².